The molecular formula is C11H13N3O. The molecule has 0 saturated carbocycles. The van der Waals surface area contributed by atoms with Gasteiger partial charge in [-0.1, -0.05) is 12.1 Å². The van der Waals surface area contributed by atoms with Crippen LogP contribution in [-0.2, 0) is 6.54 Å². The maximum atomic E-state index is 5.76. The molecule has 2 rings (SSSR count). The molecule has 0 aliphatic heterocycles. The molecule has 0 fully saturated rings. The monoisotopic (exact) mass is 203 g/mol. The van der Waals surface area contributed by atoms with Gasteiger partial charge in [0.25, 0.3) is 0 Å². The van der Waals surface area contributed by atoms with Gasteiger partial charge in [0.2, 0.25) is 0 Å². The Bertz CT molecular complexity index is 451. The Labute approximate surface area is 88.3 Å². The lowest BCUT2D eigenvalue weighted by atomic mass is 10.3. The van der Waals surface area contributed by atoms with E-state index < -0.39 is 0 Å². The predicted molar refractivity (Wildman–Crippen MR) is 58.8 cm³/mol. The Morgan fingerprint density at radius 3 is 2.87 bits per heavy atom. The summed E-state index contributed by atoms with van der Waals surface area (Å²) in [5.41, 5.74) is 6.38. The molecule has 1 aromatic heterocycles. The van der Waals surface area contributed by atoms with E-state index in [0.29, 0.717) is 17.2 Å². The van der Waals surface area contributed by atoms with E-state index in [9.17, 15) is 0 Å². The molecule has 1 heterocycles. The van der Waals surface area contributed by atoms with Gasteiger partial charge in [-0.15, -0.1) is 0 Å². The van der Waals surface area contributed by atoms with Crippen LogP contribution in [0, 0.1) is 0 Å². The number of nitrogens with zero attached hydrogens (tertiary/aromatic N) is 2. The summed E-state index contributed by atoms with van der Waals surface area (Å²) >= 11 is 0. The molecule has 0 saturated heterocycles. The van der Waals surface area contributed by atoms with Crippen LogP contribution in [0.2, 0.25) is 0 Å². The molecule has 0 bridgehead atoms. The summed E-state index contributed by atoms with van der Waals surface area (Å²) in [5.74, 6) is 1.36. The summed E-state index contributed by atoms with van der Waals surface area (Å²) in [4.78, 5) is 0. The number of ether oxygens (including phenoxy) is 1. The van der Waals surface area contributed by atoms with Crippen molar-refractivity contribution in [3.8, 4) is 11.5 Å². The lowest BCUT2D eigenvalue weighted by Crippen LogP contribution is -1.92. The topological polar surface area (TPSA) is 53.1 Å². The molecule has 0 aliphatic carbocycles. The number of aryl methyl sites for hydroxylation is 1. The van der Waals surface area contributed by atoms with Gasteiger partial charge in [0, 0.05) is 6.54 Å². The normalized spacial score (nSPS) is 10.2. The van der Waals surface area contributed by atoms with Crippen molar-refractivity contribution in [2.75, 3.05) is 5.73 Å². The van der Waals surface area contributed by atoms with Crippen molar-refractivity contribution in [1.29, 1.82) is 0 Å². The van der Waals surface area contributed by atoms with Gasteiger partial charge >= 0.3 is 0 Å². The summed E-state index contributed by atoms with van der Waals surface area (Å²) in [6.45, 7) is 2.85. The summed E-state index contributed by atoms with van der Waals surface area (Å²) in [6, 6.07) is 7.39. The number of nitrogens with two attached hydrogens (primary N) is 1. The lowest BCUT2D eigenvalue weighted by Gasteiger charge is -2.04. The first-order chi connectivity index (χ1) is 7.29. The van der Waals surface area contributed by atoms with E-state index in [-0.39, 0.29) is 0 Å². The van der Waals surface area contributed by atoms with E-state index in [2.05, 4.69) is 5.10 Å². The molecular weight excluding hydrogens is 190 g/mol. The average molecular weight is 203 g/mol. The molecule has 4 heteroatoms. The fraction of sp³-hybridized carbons (Fsp3) is 0.182. The average Bonchev–Trinajstić information content (AvgIpc) is 2.69. The number of benzene rings is 1. The highest BCUT2D eigenvalue weighted by Crippen LogP contribution is 2.26. The summed E-state index contributed by atoms with van der Waals surface area (Å²) < 4.78 is 7.38. The second-order valence-corrected chi connectivity index (χ2v) is 3.17. The van der Waals surface area contributed by atoms with Gasteiger partial charge in [-0.2, -0.15) is 5.10 Å². The molecule has 78 valence electrons. The molecule has 2 N–H and O–H groups in total. The molecule has 0 amide bonds. The first kappa shape index (κ1) is 9.58. The third-order valence-electron chi connectivity index (χ3n) is 2.08. The van der Waals surface area contributed by atoms with Gasteiger partial charge in [-0.05, 0) is 19.1 Å². The van der Waals surface area contributed by atoms with Crippen molar-refractivity contribution in [3.05, 3.63) is 36.7 Å². The highest BCUT2D eigenvalue weighted by molar-refractivity contribution is 5.53. The van der Waals surface area contributed by atoms with Gasteiger partial charge in [0.05, 0.1) is 18.1 Å². The zero-order chi connectivity index (χ0) is 10.7. The number of para-hydroxylation sites is 2. The van der Waals surface area contributed by atoms with E-state index in [4.69, 9.17) is 10.5 Å². The standard InChI is InChI=1S/C11H13N3O/c1-2-14-8-9(7-13-14)15-11-6-4-3-5-10(11)12/h3-8H,2,12H2,1H3. The number of rotatable bonds is 3. The van der Waals surface area contributed by atoms with Crippen LogP contribution in [0.1, 0.15) is 6.92 Å². The molecule has 0 spiro atoms. The smallest absolute Gasteiger partial charge is 0.165 e. The maximum Gasteiger partial charge on any atom is 0.165 e. The van der Waals surface area contributed by atoms with Crippen molar-refractivity contribution < 1.29 is 4.74 Å². The minimum Gasteiger partial charge on any atom is -0.452 e. The van der Waals surface area contributed by atoms with Crippen LogP contribution in [0.5, 0.6) is 11.5 Å². The summed E-state index contributed by atoms with van der Waals surface area (Å²) in [7, 11) is 0. The van der Waals surface area contributed by atoms with Crippen LogP contribution >= 0.6 is 0 Å². The second kappa shape index (κ2) is 4.04. The van der Waals surface area contributed by atoms with Crippen LogP contribution in [-0.4, -0.2) is 9.78 Å². The molecule has 0 aliphatic rings. The number of anilines is 1. The molecule has 0 radical (unpaired) electrons. The van der Waals surface area contributed by atoms with Gasteiger partial charge in [0.1, 0.15) is 5.75 Å². The SMILES string of the molecule is CCn1cc(Oc2ccccc2N)cn1. The van der Waals surface area contributed by atoms with Gasteiger partial charge in [0.15, 0.2) is 5.75 Å². The largest absolute Gasteiger partial charge is 0.452 e. The first-order valence-corrected chi connectivity index (χ1v) is 4.84. The molecule has 4 nitrogen and oxygen atoms in total. The summed E-state index contributed by atoms with van der Waals surface area (Å²) in [6.07, 6.45) is 3.52. The quantitative estimate of drug-likeness (QED) is 0.778. The molecule has 15 heavy (non-hydrogen) atoms. The Morgan fingerprint density at radius 1 is 1.40 bits per heavy atom. The number of hydrogen-bond acceptors (Lipinski definition) is 3. The van der Waals surface area contributed by atoms with E-state index in [1.807, 2.05) is 31.3 Å². The van der Waals surface area contributed by atoms with E-state index in [1.54, 1.807) is 16.9 Å². The first-order valence-electron chi connectivity index (χ1n) is 4.84. The molecule has 0 unspecified atom stereocenters. The zero-order valence-corrected chi connectivity index (χ0v) is 8.55. The number of nitrogen functional groups attached to an aromatic ring is 1. The van der Waals surface area contributed by atoms with Gasteiger partial charge < -0.3 is 10.5 Å². The molecule has 0 atom stereocenters. The van der Waals surface area contributed by atoms with Crippen molar-refractivity contribution in [2.24, 2.45) is 0 Å². The van der Waals surface area contributed by atoms with Crippen molar-refractivity contribution >= 4 is 5.69 Å². The fourth-order valence-electron chi connectivity index (χ4n) is 1.27. The van der Waals surface area contributed by atoms with Crippen molar-refractivity contribution in [1.82, 2.24) is 9.78 Å². The Kier molecular flexibility index (Phi) is 2.58. The summed E-state index contributed by atoms with van der Waals surface area (Å²) in [5, 5.41) is 4.11. The Balaban J connectivity index is 2.18. The van der Waals surface area contributed by atoms with Crippen molar-refractivity contribution in [3.63, 3.8) is 0 Å². The van der Waals surface area contributed by atoms with Crippen molar-refractivity contribution in [2.45, 2.75) is 13.5 Å². The van der Waals surface area contributed by atoms with Crippen LogP contribution in [0.4, 0.5) is 5.69 Å². The highest BCUT2D eigenvalue weighted by Gasteiger charge is 2.02. The van der Waals surface area contributed by atoms with E-state index in [0.717, 1.165) is 6.54 Å². The molecule has 1 aromatic carbocycles. The van der Waals surface area contributed by atoms with Crippen LogP contribution in [0.15, 0.2) is 36.7 Å². The van der Waals surface area contributed by atoms with Crippen LogP contribution < -0.4 is 10.5 Å². The lowest BCUT2D eigenvalue weighted by molar-refractivity contribution is 0.483. The minimum atomic E-state index is 0.627. The highest BCUT2D eigenvalue weighted by atomic mass is 16.5. The number of hydrogen-bond donors (Lipinski definition) is 1. The van der Waals surface area contributed by atoms with E-state index >= 15 is 0 Å². The van der Waals surface area contributed by atoms with Crippen LogP contribution in [0.3, 0.4) is 0 Å². The van der Waals surface area contributed by atoms with Crippen LogP contribution in [0.25, 0.3) is 0 Å². The molecule has 2 aromatic rings. The van der Waals surface area contributed by atoms with Gasteiger partial charge in [-0.25, -0.2) is 0 Å². The third kappa shape index (κ3) is 2.10. The minimum absolute atomic E-state index is 0.627. The maximum absolute atomic E-state index is 5.76. The fourth-order valence-corrected chi connectivity index (χ4v) is 1.27. The predicted octanol–water partition coefficient (Wildman–Crippen LogP) is 2.28. The van der Waals surface area contributed by atoms with E-state index in [1.165, 1.54) is 0 Å². The van der Waals surface area contributed by atoms with Gasteiger partial charge in [-0.3, -0.25) is 4.68 Å². The number of aromatic nitrogens is 2. The Morgan fingerprint density at radius 2 is 2.20 bits per heavy atom. The third-order valence-corrected chi connectivity index (χ3v) is 2.08. The second-order valence-electron chi connectivity index (χ2n) is 3.17. The zero-order valence-electron chi connectivity index (χ0n) is 8.55. The Hall–Kier alpha value is -1.97.